The molecule has 0 unspecified atom stereocenters. The lowest BCUT2D eigenvalue weighted by molar-refractivity contribution is 0.0292. The summed E-state index contributed by atoms with van der Waals surface area (Å²) in [5, 5.41) is 11.1. The molecule has 0 bridgehead atoms. The fourth-order valence-corrected chi connectivity index (χ4v) is 1.90. The molecule has 1 aliphatic heterocycles. The summed E-state index contributed by atoms with van der Waals surface area (Å²) >= 11 is 1.37. The highest BCUT2D eigenvalue weighted by molar-refractivity contribution is 8.13. The van der Waals surface area contributed by atoms with Gasteiger partial charge in [-0.3, -0.25) is 5.41 Å². The standard InChI is InChI=1S/C11H21N3O2S/c1-11(2,3)16-10(15)14-6-5-8(7-14)13-9(12)17-4/h8H,5-7H2,1-4H3,(H2,12,13)/t8-/m1/s1. The van der Waals surface area contributed by atoms with Crippen LogP contribution in [0.3, 0.4) is 0 Å². The van der Waals surface area contributed by atoms with Crippen LogP contribution in [0.1, 0.15) is 27.2 Å². The molecule has 17 heavy (non-hydrogen) atoms. The number of hydrogen-bond donors (Lipinski definition) is 2. The Labute approximate surface area is 107 Å². The van der Waals surface area contributed by atoms with E-state index in [0.717, 1.165) is 6.42 Å². The molecule has 98 valence electrons. The Kier molecular flexibility index (Phi) is 4.68. The van der Waals surface area contributed by atoms with Gasteiger partial charge >= 0.3 is 6.09 Å². The van der Waals surface area contributed by atoms with Crippen molar-refractivity contribution in [3.8, 4) is 0 Å². The molecule has 2 N–H and O–H groups in total. The summed E-state index contributed by atoms with van der Waals surface area (Å²) in [5.74, 6) is 0. The highest BCUT2D eigenvalue weighted by Crippen LogP contribution is 2.15. The fourth-order valence-electron chi connectivity index (χ4n) is 1.61. The van der Waals surface area contributed by atoms with Gasteiger partial charge in [-0.2, -0.15) is 0 Å². The van der Waals surface area contributed by atoms with E-state index >= 15 is 0 Å². The van der Waals surface area contributed by atoms with E-state index in [1.54, 1.807) is 4.90 Å². The Morgan fingerprint density at radius 3 is 2.71 bits per heavy atom. The molecule has 0 spiro atoms. The second-order valence-corrected chi connectivity index (χ2v) is 5.91. The van der Waals surface area contributed by atoms with Crippen molar-refractivity contribution in [1.82, 2.24) is 10.2 Å². The summed E-state index contributed by atoms with van der Waals surface area (Å²) < 4.78 is 5.30. The number of nitrogens with one attached hydrogen (secondary N) is 2. The maximum Gasteiger partial charge on any atom is 0.410 e. The molecule has 1 heterocycles. The number of carbonyl (C=O) groups is 1. The first kappa shape index (κ1) is 14.2. The van der Waals surface area contributed by atoms with Gasteiger partial charge in [0.2, 0.25) is 0 Å². The van der Waals surface area contributed by atoms with Crippen LogP contribution in [0.25, 0.3) is 0 Å². The lowest BCUT2D eigenvalue weighted by atomic mass is 10.2. The molecule has 1 aliphatic rings. The Bertz CT molecular complexity index is 302. The molecule has 0 aromatic heterocycles. The van der Waals surface area contributed by atoms with Crippen LogP contribution in [0.5, 0.6) is 0 Å². The summed E-state index contributed by atoms with van der Waals surface area (Å²) in [6, 6.07) is 0.169. The molecule has 0 aromatic carbocycles. The first-order chi connectivity index (χ1) is 7.81. The quantitative estimate of drug-likeness (QED) is 0.557. The second kappa shape index (κ2) is 5.62. The van der Waals surface area contributed by atoms with Gasteiger partial charge in [0.15, 0.2) is 5.17 Å². The summed E-state index contributed by atoms with van der Waals surface area (Å²) in [6.07, 6.45) is 2.45. The molecule has 0 radical (unpaired) electrons. The van der Waals surface area contributed by atoms with Crippen LogP contribution in [0, 0.1) is 5.41 Å². The molecule has 1 atom stereocenters. The summed E-state index contributed by atoms with van der Waals surface area (Å²) in [4.78, 5) is 13.5. The van der Waals surface area contributed by atoms with E-state index in [9.17, 15) is 4.79 Å². The largest absolute Gasteiger partial charge is 0.444 e. The second-order valence-electron chi connectivity index (χ2n) is 5.09. The fraction of sp³-hybridized carbons (Fsp3) is 0.818. The van der Waals surface area contributed by atoms with E-state index in [1.807, 2.05) is 27.0 Å². The van der Waals surface area contributed by atoms with Crippen molar-refractivity contribution in [1.29, 1.82) is 5.41 Å². The van der Waals surface area contributed by atoms with Crippen LogP contribution in [0.4, 0.5) is 4.79 Å². The number of hydrogen-bond acceptors (Lipinski definition) is 4. The maximum atomic E-state index is 11.8. The lowest BCUT2D eigenvalue weighted by Crippen LogP contribution is -2.39. The van der Waals surface area contributed by atoms with Crippen LogP contribution in [-0.2, 0) is 4.74 Å². The first-order valence-corrected chi connectivity index (χ1v) is 6.91. The number of ether oxygens (including phenoxy) is 1. The highest BCUT2D eigenvalue weighted by Gasteiger charge is 2.29. The Balaban J connectivity index is 2.39. The third kappa shape index (κ3) is 4.85. The Hall–Kier alpha value is -0.910. The van der Waals surface area contributed by atoms with E-state index in [0.29, 0.717) is 18.3 Å². The van der Waals surface area contributed by atoms with Crippen LogP contribution < -0.4 is 5.32 Å². The number of amidine groups is 1. The van der Waals surface area contributed by atoms with E-state index in [4.69, 9.17) is 10.1 Å². The van der Waals surface area contributed by atoms with Crippen molar-refractivity contribution in [2.24, 2.45) is 0 Å². The smallest absolute Gasteiger partial charge is 0.410 e. The number of nitrogens with zero attached hydrogens (tertiary/aromatic N) is 1. The maximum absolute atomic E-state index is 11.8. The number of likely N-dealkylation sites (tertiary alicyclic amines) is 1. The average Bonchev–Trinajstić information content (AvgIpc) is 2.63. The molecule has 0 saturated carbocycles. The third-order valence-corrected chi connectivity index (χ3v) is 2.91. The molecule has 1 amide bonds. The van der Waals surface area contributed by atoms with Gasteiger partial charge in [0.05, 0.1) is 0 Å². The Morgan fingerprint density at radius 2 is 2.18 bits per heavy atom. The highest BCUT2D eigenvalue weighted by atomic mass is 32.2. The van der Waals surface area contributed by atoms with Crippen molar-refractivity contribution in [2.45, 2.75) is 38.8 Å². The lowest BCUT2D eigenvalue weighted by Gasteiger charge is -2.24. The molecule has 1 fully saturated rings. The van der Waals surface area contributed by atoms with Crippen molar-refractivity contribution >= 4 is 23.0 Å². The van der Waals surface area contributed by atoms with E-state index in [1.165, 1.54) is 11.8 Å². The topological polar surface area (TPSA) is 65.4 Å². The zero-order valence-electron chi connectivity index (χ0n) is 10.9. The van der Waals surface area contributed by atoms with Gasteiger partial charge in [-0.25, -0.2) is 4.79 Å². The zero-order valence-corrected chi connectivity index (χ0v) is 11.7. The number of thioether (sulfide) groups is 1. The van der Waals surface area contributed by atoms with Crippen molar-refractivity contribution in [3.05, 3.63) is 0 Å². The van der Waals surface area contributed by atoms with Gasteiger partial charge in [-0.05, 0) is 33.4 Å². The van der Waals surface area contributed by atoms with Crippen molar-refractivity contribution < 1.29 is 9.53 Å². The molecule has 5 nitrogen and oxygen atoms in total. The SMILES string of the molecule is CSC(=N)N[C@@H]1CCN(C(=O)OC(C)(C)C)C1. The van der Waals surface area contributed by atoms with Gasteiger partial charge < -0.3 is 15.0 Å². The zero-order chi connectivity index (χ0) is 13.1. The molecular weight excluding hydrogens is 238 g/mol. The summed E-state index contributed by atoms with van der Waals surface area (Å²) in [7, 11) is 0. The molecule has 0 aliphatic carbocycles. The first-order valence-electron chi connectivity index (χ1n) is 5.69. The van der Waals surface area contributed by atoms with Gasteiger partial charge in [0.1, 0.15) is 5.60 Å². The molecule has 1 saturated heterocycles. The molecular formula is C11H21N3O2S. The minimum atomic E-state index is -0.450. The summed E-state index contributed by atoms with van der Waals surface area (Å²) in [5.41, 5.74) is -0.450. The minimum Gasteiger partial charge on any atom is -0.444 e. The molecule has 0 aromatic rings. The predicted octanol–water partition coefficient (Wildman–Crippen LogP) is 1.88. The van der Waals surface area contributed by atoms with E-state index in [2.05, 4.69) is 5.32 Å². The van der Waals surface area contributed by atoms with Crippen molar-refractivity contribution in [3.63, 3.8) is 0 Å². The van der Waals surface area contributed by atoms with E-state index < -0.39 is 5.60 Å². The number of amides is 1. The van der Waals surface area contributed by atoms with Gasteiger partial charge in [-0.1, -0.05) is 11.8 Å². The van der Waals surface area contributed by atoms with Crippen LogP contribution in [0.15, 0.2) is 0 Å². The van der Waals surface area contributed by atoms with Crippen LogP contribution >= 0.6 is 11.8 Å². The predicted molar refractivity (Wildman–Crippen MR) is 70.6 cm³/mol. The Morgan fingerprint density at radius 1 is 1.53 bits per heavy atom. The van der Waals surface area contributed by atoms with Gasteiger partial charge in [0.25, 0.3) is 0 Å². The normalized spacial score (nSPS) is 20.2. The molecule has 1 rings (SSSR count). The van der Waals surface area contributed by atoms with Gasteiger partial charge in [-0.15, -0.1) is 0 Å². The molecule has 6 heteroatoms. The van der Waals surface area contributed by atoms with E-state index in [-0.39, 0.29) is 12.1 Å². The minimum absolute atomic E-state index is 0.169. The van der Waals surface area contributed by atoms with Crippen LogP contribution in [-0.4, -0.2) is 47.1 Å². The van der Waals surface area contributed by atoms with Gasteiger partial charge in [0, 0.05) is 19.1 Å². The number of carbonyl (C=O) groups excluding carboxylic acids is 1. The van der Waals surface area contributed by atoms with Crippen molar-refractivity contribution in [2.75, 3.05) is 19.3 Å². The monoisotopic (exact) mass is 259 g/mol. The summed E-state index contributed by atoms with van der Waals surface area (Å²) in [6.45, 7) is 6.88. The average molecular weight is 259 g/mol. The third-order valence-electron chi connectivity index (χ3n) is 2.38. The van der Waals surface area contributed by atoms with Crippen LogP contribution in [0.2, 0.25) is 0 Å². The number of rotatable bonds is 1.